The van der Waals surface area contributed by atoms with Gasteiger partial charge in [-0.3, -0.25) is 14.6 Å². The van der Waals surface area contributed by atoms with Gasteiger partial charge in [0, 0.05) is 25.2 Å². The number of unbranched alkanes of at least 4 members (excludes halogenated alkanes) is 1. The smallest absolute Gasteiger partial charge is 0.255 e. The third kappa shape index (κ3) is 4.51. The van der Waals surface area contributed by atoms with E-state index in [1.807, 2.05) is 6.92 Å². The molecule has 0 saturated carbocycles. The summed E-state index contributed by atoms with van der Waals surface area (Å²) in [5.41, 5.74) is 1.74. The molecular formula is C16H23N5O2. The van der Waals surface area contributed by atoms with Crippen LogP contribution in [0.4, 0.5) is 0 Å². The Morgan fingerprint density at radius 3 is 2.87 bits per heavy atom. The van der Waals surface area contributed by atoms with E-state index in [4.69, 9.17) is 0 Å². The van der Waals surface area contributed by atoms with Crippen molar-refractivity contribution in [3.05, 3.63) is 24.3 Å². The SMILES string of the molecule is CCCCC(=O)NC(CC)CNC(=O)c1cncc2[nH]cnc12. The zero-order valence-electron chi connectivity index (χ0n) is 13.6. The molecule has 23 heavy (non-hydrogen) atoms. The maximum atomic E-state index is 12.3. The normalized spacial score (nSPS) is 12.1. The standard InChI is InChI=1S/C16H23N5O2/c1-3-5-6-14(22)21-11(4-2)7-18-16(23)12-8-17-9-13-15(12)20-10-19-13/h8-11H,3-7H2,1-2H3,(H,18,23)(H,19,20)(H,21,22). The predicted octanol–water partition coefficient (Wildman–Crippen LogP) is 1.77. The number of hydrogen-bond donors (Lipinski definition) is 3. The minimum atomic E-state index is -0.239. The lowest BCUT2D eigenvalue weighted by Crippen LogP contribution is -2.43. The van der Waals surface area contributed by atoms with Gasteiger partial charge in [-0.05, 0) is 12.8 Å². The molecule has 2 aromatic heterocycles. The van der Waals surface area contributed by atoms with Gasteiger partial charge in [0.15, 0.2) is 0 Å². The van der Waals surface area contributed by atoms with Crippen LogP contribution in [0, 0.1) is 0 Å². The minimum Gasteiger partial charge on any atom is -0.352 e. The third-order valence-electron chi connectivity index (χ3n) is 3.70. The number of hydrogen-bond acceptors (Lipinski definition) is 4. The third-order valence-corrected chi connectivity index (χ3v) is 3.70. The van der Waals surface area contributed by atoms with Crippen LogP contribution in [-0.4, -0.2) is 39.4 Å². The highest BCUT2D eigenvalue weighted by Crippen LogP contribution is 2.12. The average Bonchev–Trinajstić information content (AvgIpc) is 3.04. The summed E-state index contributed by atoms with van der Waals surface area (Å²) in [6, 6.07) is -0.0744. The monoisotopic (exact) mass is 317 g/mol. The van der Waals surface area contributed by atoms with Crippen LogP contribution in [0.1, 0.15) is 49.9 Å². The highest BCUT2D eigenvalue weighted by Gasteiger charge is 2.15. The Kier molecular flexibility index (Phi) is 6.08. The number of pyridine rings is 1. The first-order valence-electron chi connectivity index (χ1n) is 8.00. The number of H-pyrrole nitrogens is 1. The topological polar surface area (TPSA) is 99.8 Å². The molecule has 3 N–H and O–H groups in total. The van der Waals surface area contributed by atoms with E-state index in [0.29, 0.717) is 24.0 Å². The average molecular weight is 317 g/mol. The number of nitrogens with one attached hydrogen (secondary N) is 3. The molecule has 1 atom stereocenters. The number of imidazole rings is 1. The first-order valence-corrected chi connectivity index (χ1v) is 8.00. The van der Waals surface area contributed by atoms with Gasteiger partial charge in [0.1, 0.15) is 5.52 Å². The fraction of sp³-hybridized carbons (Fsp3) is 0.500. The molecule has 2 aromatic rings. The van der Waals surface area contributed by atoms with Gasteiger partial charge in [-0.2, -0.15) is 0 Å². The highest BCUT2D eigenvalue weighted by molar-refractivity contribution is 6.04. The molecule has 0 radical (unpaired) electrons. The summed E-state index contributed by atoms with van der Waals surface area (Å²) < 4.78 is 0. The molecular weight excluding hydrogens is 294 g/mol. The largest absolute Gasteiger partial charge is 0.352 e. The Balaban J connectivity index is 1.92. The molecule has 2 rings (SSSR count). The molecule has 2 amide bonds. The Labute approximate surface area is 135 Å². The number of fused-ring (bicyclic) bond motifs is 1. The number of aromatic amines is 1. The van der Waals surface area contributed by atoms with Crippen molar-refractivity contribution in [2.75, 3.05) is 6.54 Å². The zero-order valence-corrected chi connectivity index (χ0v) is 13.6. The first kappa shape index (κ1) is 16.9. The first-order chi connectivity index (χ1) is 11.2. The molecule has 7 heteroatoms. The van der Waals surface area contributed by atoms with Crippen LogP contribution < -0.4 is 10.6 Å². The quantitative estimate of drug-likeness (QED) is 0.691. The Hall–Kier alpha value is -2.44. The van der Waals surface area contributed by atoms with E-state index >= 15 is 0 Å². The van der Waals surface area contributed by atoms with Gasteiger partial charge in [0.05, 0.1) is 23.6 Å². The molecule has 0 aliphatic rings. The zero-order chi connectivity index (χ0) is 16.7. The van der Waals surface area contributed by atoms with E-state index in [2.05, 4.69) is 32.5 Å². The number of carbonyl (C=O) groups is 2. The molecule has 0 aliphatic heterocycles. The van der Waals surface area contributed by atoms with Gasteiger partial charge in [-0.25, -0.2) is 4.98 Å². The van der Waals surface area contributed by atoms with Crippen molar-refractivity contribution < 1.29 is 9.59 Å². The summed E-state index contributed by atoms with van der Waals surface area (Å²) >= 11 is 0. The van der Waals surface area contributed by atoms with Gasteiger partial charge in [-0.1, -0.05) is 20.3 Å². The van der Waals surface area contributed by atoms with E-state index < -0.39 is 0 Å². The number of carbonyl (C=O) groups excluding carboxylic acids is 2. The molecule has 0 saturated heterocycles. The van der Waals surface area contributed by atoms with E-state index in [9.17, 15) is 9.59 Å². The van der Waals surface area contributed by atoms with Gasteiger partial charge in [0.2, 0.25) is 5.91 Å². The van der Waals surface area contributed by atoms with Crippen LogP contribution in [0.3, 0.4) is 0 Å². The fourth-order valence-corrected chi connectivity index (χ4v) is 2.28. The van der Waals surface area contributed by atoms with Crippen molar-refractivity contribution in [1.82, 2.24) is 25.6 Å². The van der Waals surface area contributed by atoms with Gasteiger partial charge in [0.25, 0.3) is 5.91 Å². The van der Waals surface area contributed by atoms with E-state index in [1.54, 1.807) is 6.20 Å². The predicted molar refractivity (Wildman–Crippen MR) is 88.0 cm³/mol. The van der Waals surface area contributed by atoms with Crippen LogP contribution >= 0.6 is 0 Å². The summed E-state index contributed by atoms with van der Waals surface area (Å²) in [6.07, 6.45) is 7.80. The number of aromatic nitrogens is 3. The van der Waals surface area contributed by atoms with Crippen LogP contribution in [-0.2, 0) is 4.79 Å². The lowest BCUT2D eigenvalue weighted by molar-refractivity contribution is -0.121. The van der Waals surface area contributed by atoms with Gasteiger partial charge in [-0.15, -0.1) is 0 Å². The summed E-state index contributed by atoms with van der Waals surface area (Å²) in [6.45, 7) is 4.41. The maximum Gasteiger partial charge on any atom is 0.255 e. The van der Waals surface area contributed by atoms with Gasteiger partial charge < -0.3 is 15.6 Å². The molecule has 124 valence electrons. The lowest BCUT2D eigenvalue weighted by Gasteiger charge is -2.17. The molecule has 0 fully saturated rings. The van der Waals surface area contributed by atoms with E-state index in [1.165, 1.54) is 12.5 Å². The molecule has 0 aliphatic carbocycles. The Morgan fingerprint density at radius 2 is 2.13 bits per heavy atom. The Bertz CT molecular complexity index is 667. The van der Waals surface area contributed by atoms with Crippen LogP contribution in [0.2, 0.25) is 0 Å². The molecule has 0 aromatic carbocycles. The van der Waals surface area contributed by atoms with Gasteiger partial charge >= 0.3 is 0 Å². The number of amides is 2. The van der Waals surface area contributed by atoms with Crippen molar-refractivity contribution in [2.45, 2.75) is 45.6 Å². The van der Waals surface area contributed by atoms with Crippen LogP contribution in [0.15, 0.2) is 18.7 Å². The molecule has 0 spiro atoms. The number of rotatable bonds is 8. The number of nitrogens with zero attached hydrogens (tertiary/aromatic N) is 2. The second kappa shape index (κ2) is 8.26. The summed E-state index contributed by atoms with van der Waals surface area (Å²) in [5.74, 6) is -0.208. The maximum absolute atomic E-state index is 12.3. The van der Waals surface area contributed by atoms with Crippen molar-refractivity contribution >= 4 is 22.8 Å². The van der Waals surface area contributed by atoms with Crippen LogP contribution in [0.25, 0.3) is 11.0 Å². The molecule has 1 unspecified atom stereocenters. The second-order valence-corrected chi connectivity index (χ2v) is 5.47. The molecule has 0 bridgehead atoms. The van der Waals surface area contributed by atoms with Crippen molar-refractivity contribution in [3.63, 3.8) is 0 Å². The minimum absolute atomic E-state index is 0.0315. The summed E-state index contributed by atoms with van der Waals surface area (Å²) in [5, 5.41) is 5.80. The van der Waals surface area contributed by atoms with Crippen molar-refractivity contribution in [3.8, 4) is 0 Å². The molecule has 2 heterocycles. The Morgan fingerprint density at radius 1 is 1.30 bits per heavy atom. The highest BCUT2D eigenvalue weighted by atomic mass is 16.2. The second-order valence-electron chi connectivity index (χ2n) is 5.47. The van der Waals surface area contributed by atoms with Crippen molar-refractivity contribution in [1.29, 1.82) is 0 Å². The summed E-state index contributed by atoms with van der Waals surface area (Å²) in [4.78, 5) is 35.2. The van der Waals surface area contributed by atoms with Crippen molar-refractivity contribution in [2.24, 2.45) is 0 Å². The fourth-order valence-electron chi connectivity index (χ4n) is 2.28. The van der Waals surface area contributed by atoms with E-state index in [-0.39, 0.29) is 17.9 Å². The van der Waals surface area contributed by atoms with E-state index in [0.717, 1.165) is 24.8 Å². The lowest BCUT2D eigenvalue weighted by atomic mass is 10.1. The summed E-state index contributed by atoms with van der Waals surface area (Å²) in [7, 11) is 0. The van der Waals surface area contributed by atoms with Crippen LogP contribution in [0.5, 0.6) is 0 Å². The molecule has 7 nitrogen and oxygen atoms in total.